The van der Waals surface area contributed by atoms with E-state index in [4.69, 9.17) is 4.74 Å². The van der Waals surface area contributed by atoms with Crippen molar-refractivity contribution in [2.45, 2.75) is 25.2 Å². The lowest BCUT2D eigenvalue weighted by Crippen LogP contribution is -2.42. The first kappa shape index (κ1) is 20.3. The Morgan fingerprint density at radius 3 is 2.30 bits per heavy atom. The maximum absolute atomic E-state index is 12.9. The number of anilines is 1. The number of piperidine rings is 1. The lowest BCUT2D eigenvalue weighted by Gasteiger charge is -2.34. The van der Waals surface area contributed by atoms with Gasteiger partial charge in [-0.25, -0.2) is 8.42 Å². The van der Waals surface area contributed by atoms with Crippen LogP contribution in [0.4, 0.5) is 5.69 Å². The number of hydrogen-bond donors (Lipinski definition) is 1. The van der Waals surface area contributed by atoms with Crippen LogP contribution in [0.25, 0.3) is 0 Å². The van der Waals surface area contributed by atoms with Crippen LogP contribution in [0.15, 0.2) is 29.2 Å². The van der Waals surface area contributed by atoms with Crippen molar-refractivity contribution in [3.05, 3.63) is 24.3 Å². The molecule has 1 amide bonds. The van der Waals surface area contributed by atoms with Gasteiger partial charge in [-0.3, -0.25) is 9.69 Å². The van der Waals surface area contributed by atoms with E-state index in [1.54, 1.807) is 28.6 Å². The summed E-state index contributed by atoms with van der Waals surface area (Å²) in [4.78, 5) is 14.5. The maximum atomic E-state index is 12.9. The SMILES string of the molecule is C[C@@H]1C[C@@H](C)CN(S(=O)(=O)c2ccc(NC(=O)CN3CCOCC3)cc2)C1. The molecule has 1 N–H and O–H groups in total. The molecule has 150 valence electrons. The van der Waals surface area contributed by atoms with E-state index in [0.29, 0.717) is 50.4 Å². The van der Waals surface area contributed by atoms with E-state index in [1.165, 1.54) is 0 Å². The highest BCUT2D eigenvalue weighted by Gasteiger charge is 2.31. The fraction of sp³-hybridized carbons (Fsp3) is 0.632. The molecule has 8 heteroatoms. The number of sulfonamides is 1. The van der Waals surface area contributed by atoms with Crippen molar-refractivity contribution in [3.8, 4) is 0 Å². The van der Waals surface area contributed by atoms with Crippen molar-refractivity contribution in [1.29, 1.82) is 0 Å². The van der Waals surface area contributed by atoms with E-state index in [-0.39, 0.29) is 10.8 Å². The number of carbonyl (C=O) groups is 1. The Morgan fingerprint density at radius 2 is 1.70 bits per heavy atom. The molecule has 2 saturated heterocycles. The largest absolute Gasteiger partial charge is 0.379 e. The second-order valence-electron chi connectivity index (χ2n) is 7.73. The summed E-state index contributed by atoms with van der Waals surface area (Å²) in [7, 11) is -3.50. The predicted octanol–water partition coefficient (Wildman–Crippen LogP) is 1.62. The van der Waals surface area contributed by atoms with Gasteiger partial charge in [-0.2, -0.15) is 4.31 Å². The normalized spacial score (nSPS) is 25.3. The van der Waals surface area contributed by atoms with Crippen LogP contribution in [0.1, 0.15) is 20.3 Å². The van der Waals surface area contributed by atoms with Crippen LogP contribution in [0.2, 0.25) is 0 Å². The van der Waals surface area contributed by atoms with Gasteiger partial charge in [0.2, 0.25) is 15.9 Å². The number of amides is 1. The highest BCUT2D eigenvalue weighted by atomic mass is 32.2. The molecule has 0 aromatic heterocycles. The standard InChI is InChI=1S/C19H29N3O4S/c1-15-11-16(2)13-22(12-15)27(24,25)18-5-3-17(4-6-18)20-19(23)14-21-7-9-26-10-8-21/h3-6,15-16H,7-14H2,1-2H3,(H,20,23)/t15-,16-/m1/s1. The lowest BCUT2D eigenvalue weighted by atomic mass is 9.94. The third kappa shape index (κ3) is 5.28. The van der Waals surface area contributed by atoms with Crippen molar-refractivity contribution in [1.82, 2.24) is 9.21 Å². The highest BCUT2D eigenvalue weighted by Crippen LogP contribution is 2.27. The molecular formula is C19H29N3O4S. The summed E-state index contributed by atoms with van der Waals surface area (Å²) in [6.07, 6.45) is 1.06. The molecule has 2 aliphatic rings. The van der Waals surface area contributed by atoms with Gasteiger partial charge in [0.15, 0.2) is 0 Å². The van der Waals surface area contributed by atoms with Crippen molar-refractivity contribution in [2.75, 3.05) is 51.3 Å². The minimum absolute atomic E-state index is 0.105. The average Bonchev–Trinajstić information content (AvgIpc) is 2.62. The third-order valence-corrected chi connectivity index (χ3v) is 6.93. The Balaban J connectivity index is 1.61. The number of nitrogens with one attached hydrogen (secondary N) is 1. The molecule has 2 heterocycles. The molecule has 3 rings (SSSR count). The minimum atomic E-state index is -3.50. The molecule has 0 unspecified atom stereocenters. The van der Waals surface area contributed by atoms with Crippen molar-refractivity contribution in [2.24, 2.45) is 11.8 Å². The average molecular weight is 396 g/mol. The number of nitrogens with zero attached hydrogens (tertiary/aromatic N) is 2. The topological polar surface area (TPSA) is 79.0 Å². The molecule has 1 aromatic carbocycles. The lowest BCUT2D eigenvalue weighted by molar-refractivity contribution is -0.118. The second kappa shape index (κ2) is 8.68. The van der Waals surface area contributed by atoms with Crippen LogP contribution in [-0.2, 0) is 19.6 Å². The monoisotopic (exact) mass is 395 g/mol. The van der Waals surface area contributed by atoms with Crippen molar-refractivity contribution in [3.63, 3.8) is 0 Å². The molecule has 2 aliphatic heterocycles. The Morgan fingerprint density at radius 1 is 1.11 bits per heavy atom. The first-order chi connectivity index (χ1) is 12.8. The van der Waals surface area contributed by atoms with E-state index >= 15 is 0 Å². The molecule has 0 aliphatic carbocycles. The van der Waals surface area contributed by atoms with E-state index < -0.39 is 10.0 Å². The van der Waals surface area contributed by atoms with Crippen LogP contribution in [-0.4, -0.2) is 69.5 Å². The summed E-state index contributed by atoms with van der Waals surface area (Å²) in [5, 5.41) is 2.83. The molecule has 27 heavy (non-hydrogen) atoms. The van der Waals surface area contributed by atoms with Gasteiger partial charge in [0.05, 0.1) is 24.7 Å². The first-order valence-corrected chi connectivity index (χ1v) is 11.0. The fourth-order valence-corrected chi connectivity index (χ4v) is 5.50. The zero-order valence-electron chi connectivity index (χ0n) is 16.1. The number of morpholine rings is 1. The number of carbonyl (C=O) groups excluding carboxylic acids is 1. The van der Waals surface area contributed by atoms with E-state index in [2.05, 4.69) is 19.2 Å². The molecule has 2 fully saturated rings. The molecule has 0 radical (unpaired) electrons. The second-order valence-corrected chi connectivity index (χ2v) is 9.67. The fourth-order valence-electron chi connectivity index (χ4n) is 3.82. The molecule has 7 nitrogen and oxygen atoms in total. The van der Waals surface area contributed by atoms with E-state index in [0.717, 1.165) is 19.5 Å². The van der Waals surface area contributed by atoms with E-state index in [1.807, 2.05) is 4.90 Å². The van der Waals surface area contributed by atoms with Crippen molar-refractivity contribution < 1.29 is 17.9 Å². The van der Waals surface area contributed by atoms with Gasteiger partial charge in [0.25, 0.3) is 0 Å². The Kier molecular flexibility index (Phi) is 6.52. The van der Waals surface area contributed by atoms with Crippen LogP contribution in [0, 0.1) is 11.8 Å². The number of rotatable bonds is 5. The molecule has 0 bridgehead atoms. The van der Waals surface area contributed by atoms with E-state index in [9.17, 15) is 13.2 Å². The zero-order valence-corrected chi connectivity index (χ0v) is 16.9. The van der Waals surface area contributed by atoms with Gasteiger partial charge in [0.1, 0.15) is 0 Å². The Labute approximate surface area is 161 Å². The molecule has 0 saturated carbocycles. The van der Waals surface area contributed by atoms with Crippen LogP contribution >= 0.6 is 0 Å². The van der Waals surface area contributed by atoms with Gasteiger partial charge in [-0.1, -0.05) is 13.8 Å². The van der Waals surface area contributed by atoms with Crippen LogP contribution in [0.5, 0.6) is 0 Å². The molecule has 2 atom stereocenters. The van der Waals surface area contributed by atoms with Gasteiger partial charge < -0.3 is 10.1 Å². The predicted molar refractivity (Wildman–Crippen MR) is 104 cm³/mol. The quantitative estimate of drug-likeness (QED) is 0.820. The highest BCUT2D eigenvalue weighted by molar-refractivity contribution is 7.89. The third-order valence-electron chi connectivity index (χ3n) is 5.08. The van der Waals surface area contributed by atoms with Gasteiger partial charge in [-0.15, -0.1) is 0 Å². The van der Waals surface area contributed by atoms with Crippen molar-refractivity contribution >= 4 is 21.6 Å². The summed E-state index contributed by atoms with van der Waals surface area (Å²) in [5.74, 6) is 0.621. The van der Waals surface area contributed by atoms with Crippen LogP contribution < -0.4 is 5.32 Å². The van der Waals surface area contributed by atoms with Crippen LogP contribution in [0.3, 0.4) is 0 Å². The summed E-state index contributed by atoms with van der Waals surface area (Å²) >= 11 is 0. The Bertz CT molecular complexity index is 735. The number of benzene rings is 1. The molecular weight excluding hydrogens is 366 g/mol. The number of hydrogen-bond acceptors (Lipinski definition) is 5. The van der Waals surface area contributed by atoms with Gasteiger partial charge in [0, 0.05) is 31.9 Å². The maximum Gasteiger partial charge on any atom is 0.243 e. The van der Waals surface area contributed by atoms with Gasteiger partial charge >= 0.3 is 0 Å². The van der Waals surface area contributed by atoms with Gasteiger partial charge in [-0.05, 0) is 42.5 Å². The zero-order chi connectivity index (χ0) is 19.4. The molecule has 1 aromatic rings. The Hall–Kier alpha value is -1.48. The molecule has 0 spiro atoms. The summed E-state index contributed by atoms with van der Waals surface area (Å²) < 4.78 is 32.6. The summed E-state index contributed by atoms with van der Waals surface area (Å²) in [5.41, 5.74) is 0.604. The summed E-state index contributed by atoms with van der Waals surface area (Å²) in [6, 6.07) is 6.45. The summed E-state index contributed by atoms with van der Waals surface area (Å²) in [6.45, 7) is 8.40. The minimum Gasteiger partial charge on any atom is -0.379 e. The number of ether oxygens (including phenoxy) is 1. The first-order valence-electron chi connectivity index (χ1n) is 9.55. The smallest absolute Gasteiger partial charge is 0.243 e.